The van der Waals surface area contributed by atoms with E-state index >= 15 is 8.78 Å². The summed E-state index contributed by atoms with van der Waals surface area (Å²) in [4.78, 5) is 14.2. The lowest BCUT2D eigenvalue weighted by molar-refractivity contribution is 0.0231. The second-order valence-corrected chi connectivity index (χ2v) is 22.0. The van der Waals surface area contributed by atoms with E-state index in [9.17, 15) is 5.11 Å². The van der Waals surface area contributed by atoms with Crippen LogP contribution in [0.2, 0.25) is 16.6 Å². The van der Waals surface area contributed by atoms with Gasteiger partial charge in [-0.3, -0.25) is 4.90 Å². The van der Waals surface area contributed by atoms with Crippen LogP contribution in [0.1, 0.15) is 66.4 Å². The number of halogens is 2. The van der Waals surface area contributed by atoms with Crippen molar-refractivity contribution in [1.82, 2.24) is 14.9 Å². The van der Waals surface area contributed by atoms with Crippen LogP contribution in [0.4, 0.5) is 14.6 Å². The zero-order valence-corrected chi connectivity index (χ0v) is 33.6. The highest BCUT2D eigenvalue weighted by Crippen LogP contribution is 2.47. The molecule has 3 aromatic carbocycles. The quantitative estimate of drug-likeness (QED) is 0.127. The Morgan fingerprint density at radius 2 is 1.57 bits per heavy atom. The van der Waals surface area contributed by atoms with Crippen molar-refractivity contribution >= 4 is 35.6 Å². The molecule has 4 aromatic rings. The Bertz CT molecular complexity index is 2040. The summed E-state index contributed by atoms with van der Waals surface area (Å²) in [6.07, 6.45) is 2.91. The first kappa shape index (κ1) is 38.5. The van der Waals surface area contributed by atoms with Gasteiger partial charge < -0.3 is 24.2 Å². The van der Waals surface area contributed by atoms with E-state index < -0.39 is 19.7 Å². The van der Waals surface area contributed by atoms with E-state index in [1.54, 1.807) is 18.2 Å². The van der Waals surface area contributed by atoms with Crippen molar-refractivity contribution in [2.24, 2.45) is 5.41 Å². The van der Waals surface area contributed by atoms with Crippen molar-refractivity contribution in [1.29, 1.82) is 0 Å². The maximum atomic E-state index is 17.3. The molecule has 8 nitrogen and oxygen atoms in total. The van der Waals surface area contributed by atoms with E-state index in [1.807, 2.05) is 6.07 Å². The lowest BCUT2D eigenvalue weighted by Gasteiger charge is -2.38. The predicted molar refractivity (Wildman–Crippen MR) is 214 cm³/mol. The Morgan fingerprint density at radius 3 is 2.28 bits per heavy atom. The lowest BCUT2D eigenvalue weighted by atomic mass is 9.93. The molecule has 1 N–H and O–H groups in total. The van der Waals surface area contributed by atoms with E-state index in [0.717, 1.165) is 52.1 Å². The van der Waals surface area contributed by atoms with Crippen LogP contribution in [-0.2, 0) is 9.47 Å². The van der Waals surface area contributed by atoms with E-state index in [0.29, 0.717) is 77.1 Å². The van der Waals surface area contributed by atoms with Gasteiger partial charge in [0.15, 0.2) is 5.82 Å². The van der Waals surface area contributed by atoms with Gasteiger partial charge in [-0.15, -0.1) is 5.54 Å². The first-order valence-corrected chi connectivity index (χ1v) is 21.9. The molecule has 2 saturated heterocycles. The Labute approximate surface area is 319 Å². The predicted octanol–water partition coefficient (Wildman–Crippen LogP) is 8.72. The van der Waals surface area contributed by atoms with Crippen LogP contribution in [-0.4, -0.2) is 93.8 Å². The average molecular weight is 757 g/mol. The van der Waals surface area contributed by atoms with E-state index in [-0.39, 0.29) is 33.8 Å². The standard InChI is InChI=1S/C43H54F2N4O4Si/c1-28(2)54(29(3)4,30(5)6)23-12-34-37(44)11-8-31-24-32(50)25-36(38(31)34)33-9-10-35-40(39(33)45)46-42(47-41(35)49-15-7-19-51-22-18-49)53-27-43(13-14-43)26-48-16-20-52-21-17-48/h8-11,24-25,28-30,50H,7,13-22,26-27H2,1-6H3. The van der Waals surface area contributed by atoms with Gasteiger partial charge in [0.1, 0.15) is 31.0 Å². The smallest absolute Gasteiger partial charge is 0.319 e. The zero-order valence-electron chi connectivity index (χ0n) is 32.6. The Kier molecular flexibility index (Phi) is 11.2. The van der Waals surface area contributed by atoms with Crippen LogP contribution < -0.4 is 9.64 Å². The molecule has 3 heterocycles. The van der Waals surface area contributed by atoms with Crippen LogP contribution in [0.3, 0.4) is 0 Å². The molecule has 0 spiro atoms. The van der Waals surface area contributed by atoms with Gasteiger partial charge in [0.2, 0.25) is 0 Å². The van der Waals surface area contributed by atoms with Gasteiger partial charge in [-0.2, -0.15) is 9.97 Å². The minimum atomic E-state index is -2.24. The summed E-state index contributed by atoms with van der Waals surface area (Å²) in [5.74, 6) is 2.80. The Balaban J connectivity index is 1.36. The molecule has 288 valence electrons. The van der Waals surface area contributed by atoms with Crippen molar-refractivity contribution in [2.45, 2.75) is 77.4 Å². The van der Waals surface area contributed by atoms with Crippen LogP contribution in [0.25, 0.3) is 32.8 Å². The highest BCUT2D eigenvalue weighted by atomic mass is 28.3. The third-order valence-corrected chi connectivity index (χ3v) is 18.3. The van der Waals surface area contributed by atoms with E-state index in [2.05, 4.69) is 62.8 Å². The molecule has 0 radical (unpaired) electrons. The van der Waals surface area contributed by atoms with Crippen LogP contribution in [0.15, 0.2) is 36.4 Å². The molecular formula is C43H54F2N4O4Si. The number of phenolic OH excluding ortho intramolecular Hbond substituents is 1. The fraction of sp³-hybridized carbons (Fsp3) is 0.535. The van der Waals surface area contributed by atoms with Crippen molar-refractivity contribution in [2.75, 3.05) is 70.7 Å². The molecular weight excluding hydrogens is 703 g/mol. The molecule has 0 atom stereocenters. The topological polar surface area (TPSA) is 80.2 Å². The van der Waals surface area contributed by atoms with Gasteiger partial charge in [-0.1, -0.05) is 59.6 Å². The number of benzene rings is 3. The fourth-order valence-corrected chi connectivity index (χ4v) is 14.1. The van der Waals surface area contributed by atoms with E-state index in [4.69, 9.17) is 24.2 Å². The number of anilines is 1. The van der Waals surface area contributed by atoms with Gasteiger partial charge in [-0.25, -0.2) is 8.78 Å². The molecule has 54 heavy (non-hydrogen) atoms. The largest absolute Gasteiger partial charge is 0.508 e. The molecule has 7 rings (SSSR count). The van der Waals surface area contributed by atoms with Crippen molar-refractivity contribution in [3.05, 3.63) is 53.6 Å². The number of hydrogen-bond donors (Lipinski definition) is 1. The Morgan fingerprint density at radius 1 is 0.870 bits per heavy atom. The fourth-order valence-electron chi connectivity index (χ4n) is 8.94. The minimum Gasteiger partial charge on any atom is -0.508 e. The second-order valence-electron chi connectivity index (χ2n) is 16.4. The van der Waals surface area contributed by atoms with E-state index in [1.165, 1.54) is 12.1 Å². The number of nitrogens with zero attached hydrogens (tertiary/aromatic N) is 4. The molecule has 3 aliphatic rings. The summed E-state index contributed by atoms with van der Waals surface area (Å²) in [6, 6.07) is 9.73. The SMILES string of the molecule is CC(C)[Si](C#Cc1c(F)ccc2cc(O)cc(-c3ccc4c(N5CCCOCC5)nc(OCC5(CN6CCOCC6)CC5)nc4c3F)c12)(C(C)C)C(C)C. The van der Waals surface area contributed by atoms with Gasteiger partial charge in [0.25, 0.3) is 0 Å². The van der Waals surface area contributed by atoms with Gasteiger partial charge in [-0.05, 0) is 71.1 Å². The normalized spacial score (nSPS) is 18.0. The van der Waals surface area contributed by atoms with Gasteiger partial charge in [0.05, 0.1) is 32.0 Å². The molecule has 1 saturated carbocycles. The van der Waals surface area contributed by atoms with Gasteiger partial charge >= 0.3 is 6.01 Å². The first-order valence-electron chi connectivity index (χ1n) is 19.7. The number of morpholine rings is 1. The number of rotatable bonds is 10. The van der Waals surface area contributed by atoms with Crippen molar-refractivity contribution in [3.63, 3.8) is 0 Å². The van der Waals surface area contributed by atoms with Crippen LogP contribution >= 0.6 is 0 Å². The van der Waals surface area contributed by atoms with Crippen LogP contribution in [0.5, 0.6) is 11.8 Å². The average Bonchev–Trinajstić information content (AvgIpc) is 3.95. The van der Waals surface area contributed by atoms with Crippen molar-refractivity contribution < 1.29 is 28.1 Å². The molecule has 2 aliphatic heterocycles. The van der Waals surface area contributed by atoms with Crippen LogP contribution in [0, 0.1) is 28.5 Å². The molecule has 0 unspecified atom stereocenters. The molecule has 0 bridgehead atoms. The highest BCUT2D eigenvalue weighted by Gasteiger charge is 2.45. The Hall–Kier alpha value is -3.82. The lowest BCUT2D eigenvalue weighted by Crippen LogP contribution is -2.43. The molecule has 11 heteroatoms. The molecule has 3 fully saturated rings. The molecule has 1 aliphatic carbocycles. The number of ether oxygens (including phenoxy) is 3. The highest BCUT2D eigenvalue weighted by molar-refractivity contribution is 6.90. The number of aromatic nitrogens is 2. The summed E-state index contributed by atoms with van der Waals surface area (Å²) in [5.41, 5.74) is 5.59. The molecule has 0 amide bonds. The monoisotopic (exact) mass is 756 g/mol. The van der Waals surface area contributed by atoms with Crippen molar-refractivity contribution in [3.8, 4) is 34.4 Å². The maximum Gasteiger partial charge on any atom is 0.319 e. The second kappa shape index (κ2) is 15.7. The number of hydrogen-bond acceptors (Lipinski definition) is 8. The summed E-state index contributed by atoms with van der Waals surface area (Å²) < 4.78 is 51.0. The number of phenols is 1. The maximum absolute atomic E-state index is 17.3. The number of fused-ring (bicyclic) bond motifs is 2. The minimum absolute atomic E-state index is 0.00972. The van der Waals surface area contributed by atoms with Gasteiger partial charge in [0, 0.05) is 61.1 Å². The zero-order chi connectivity index (χ0) is 38.2. The first-order chi connectivity index (χ1) is 25.9. The number of aromatic hydroxyl groups is 1. The third-order valence-electron chi connectivity index (χ3n) is 12.0. The summed E-state index contributed by atoms with van der Waals surface area (Å²) >= 11 is 0. The molecule has 1 aromatic heterocycles. The summed E-state index contributed by atoms with van der Waals surface area (Å²) in [7, 11) is -2.24. The summed E-state index contributed by atoms with van der Waals surface area (Å²) in [5, 5.41) is 12.5. The third kappa shape index (κ3) is 7.55. The summed E-state index contributed by atoms with van der Waals surface area (Å²) in [6.45, 7) is 20.4.